The SMILES string of the molecule is CC(CCC(C)(C)C)NCCc1ccc(Cl)cc1. The van der Waals surface area contributed by atoms with Gasteiger partial charge in [0.25, 0.3) is 0 Å². The summed E-state index contributed by atoms with van der Waals surface area (Å²) in [4.78, 5) is 0. The van der Waals surface area contributed by atoms with E-state index in [-0.39, 0.29) is 0 Å². The van der Waals surface area contributed by atoms with Crippen molar-refractivity contribution in [1.82, 2.24) is 5.32 Å². The topological polar surface area (TPSA) is 12.0 Å². The average molecular weight is 268 g/mol. The Balaban J connectivity index is 2.19. The van der Waals surface area contributed by atoms with Gasteiger partial charge in [0.2, 0.25) is 0 Å². The van der Waals surface area contributed by atoms with E-state index in [0.29, 0.717) is 11.5 Å². The molecule has 0 fully saturated rings. The smallest absolute Gasteiger partial charge is 0.0406 e. The summed E-state index contributed by atoms with van der Waals surface area (Å²) >= 11 is 5.86. The molecule has 18 heavy (non-hydrogen) atoms. The molecule has 1 aromatic rings. The van der Waals surface area contributed by atoms with Crippen LogP contribution >= 0.6 is 11.6 Å². The highest BCUT2D eigenvalue weighted by Crippen LogP contribution is 2.21. The van der Waals surface area contributed by atoms with Crippen LogP contribution in [-0.2, 0) is 6.42 Å². The monoisotopic (exact) mass is 267 g/mol. The van der Waals surface area contributed by atoms with Crippen LogP contribution in [0.2, 0.25) is 5.02 Å². The molecule has 0 bridgehead atoms. The Labute approximate surface area is 117 Å². The van der Waals surface area contributed by atoms with Crippen molar-refractivity contribution in [2.24, 2.45) is 5.41 Å². The molecule has 0 aliphatic heterocycles. The predicted octanol–water partition coefficient (Wildman–Crippen LogP) is 4.69. The lowest BCUT2D eigenvalue weighted by molar-refractivity contribution is 0.337. The fraction of sp³-hybridized carbons (Fsp3) is 0.625. The van der Waals surface area contributed by atoms with Gasteiger partial charge in [-0.15, -0.1) is 0 Å². The zero-order chi connectivity index (χ0) is 13.6. The van der Waals surface area contributed by atoms with Gasteiger partial charge in [0.15, 0.2) is 0 Å². The number of benzene rings is 1. The fourth-order valence-corrected chi connectivity index (χ4v) is 1.99. The minimum atomic E-state index is 0.437. The van der Waals surface area contributed by atoms with Crippen molar-refractivity contribution in [3.63, 3.8) is 0 Å². The molecule has 0 saturated heterocycles. The Morgan fingerprint density at radius 2 is 1.78 bits per heavy atom. The van der Waals surface area contributed by atoms with Gasteiger partial charge < -0.3 is 5.32 Å². The average Bonchev–Trinajstić information content (AvgIpc) is 2.28. The molecule has 0 amide bonds. The van der Waals surface area contributed by atoms with Gasteiger partial charge in [0.05, 0.1) is 0 Å². The first-order chi connectivity index (χ1) is 8.37. The number of nitrogens with one attached hydrogen (secondary N) is 1. The lowest BCUT2D eigenvalue weighted by atomic mass is 9.89. The molecule has 1 nitrogen and oxygen atoms in total. The van der Waals surface area contributed by atoms with Gasteiger partial charge in [-0.3, -0.25) is 0 Å². The third kappa shape index (κ3) is 7.03. The second-order valence-corrected chi connectivity index (χ2v) is 6.77. The normalized spacial score (nSPS) is 13.6. The molecule has 1 unspecified atom stereocenters. The maximum Gasteiger partial charge on any atom is 0.0406 e. The summed E-state index contributed by atoms with van der Waals surface area (Å²) in [6, 6.07) is 8.71. The van der Waals surface area contributed by atoms with Crippen LogP contribution in [0.3, 0.4) is 0 Å². The lowest BCUT2D eigenvalue weighted by Gasteiger charge is -2.21. The quantitative estimate of drug-likeness (QED) is 0.789. The van der Waals surface area contributed by atoms with E-state index in [9.17, 15) is 0 Å². The molecule has 1 rings (SSSR count). The molecule has 1 N–H and O–H groups in total. The van der Waals surface area contributed by atoms with E-state index in [1.54, 1.807) is 0 Å². The van der Waals surface area contributed by atoms with Gasteiger partial charge in [-0.2, -0.15) is 0 Å². The van der Waals surface area contributed by atoms with E-state index >= 15 is 0 Å². The Hall–Kier alpha value is -0.530. The van der Waals surface area contributed by atoms with Crippen LogP contribution in [0.5, 0.6) is 0 Å². The Kier molecular flexibility index (Phi) is 6.17. The predicted molar refractivity (Wildman–Crippen MR) is 81.3 cm³/mol. The summed E-state index contributed by atoms with van der Waals surface area (Å²) in [5.74, 6) is 0. The van der Waals surface area contributed by atoms with Crippen molar-refractivity contribution in [1.29, 1.82) is 0 Å². The maximum atomic E-state index is 5.86. The van der Waals surface area contributed by atoms with Crippen LogP contribution in [-0.4, -0.2) is 12.6 Å². The maximum absolute atomic E-state index is 5.86. The summed E-state index contributed by atoms with van der Waals surface area (Å²) in [7, 11) is 0. The van der Waals surface area contributed by atoms with Crippen molar-refractivity contribution in [3.05, 3.63) is 34.9 Å². The molecule has 0 spiro atoms. The van der Waals surface area contributed by atoms with Crippen molar-refractivity contribution < 1.29 is 0 Å². The highest BCUT2D eigenvalue weighted by molar-refractivity contribution is 6.30. The number of hydrogen-bond acceptors (Lipinski definition) is 1. The summed E-state index contributed by atoms with van der Waals surface area (Å²) < 4.78 is 0. The summed E-state index contributed by atoms with van der Waals surface area (Å²) in [6.07, 6.45) is 3.57. The molecular formula is C16H26ClN. The summed E-state index contributed by atoms with van der Waals surface area (Å²) in [5, 5.41) is 4.40. The van der Waals surface area contributed by atoms with Crippen LogP contribution in [0, 0.1) is 5.41 Å². The highest BCUT2D eigenvalue weighted by atomic mass is 35.5. The third-order valence-corrected chi connectivity index (χ3v) is 3.40. The van der Waals surface area contributed by atoms with Crippen molar-refractivity contribution in [3.8, 4) is 0 Å². The Morgan fingerprint density at radius 3 is 2.33 bits per heavy atom. The van der Waals surface area contributed by atoms with Crippen LogP contribution in [0.1, 0.15) is 46.1 Å². The molecule has 0 aliphatic carbocycles. The van der Waals surface area contributed by atoms with Crippen molar-refractivity contribution >= 4 is 11.6 Å². The largest absolute Gasteiger partial charge is 0.314 e. The van der Waals surface area contributed by atoms with Crippen LogP contribution in [0.4, 0.5) is 0 Å². The number of rotatable bonds is 6. The molecule has 2 heteroatoms. The third-order valence-electron chi connectivity index (χ3n) is 3.15. The summed E-state index contributed by atoms with van der Waals surface area (Å²) in [5.41, 5.74) is 1.78. The molecular weight excluding hydrogens is 242 g/mol. The second kappa shape index (κ2) is 7.16. The van der Waals surface area contributed by atoms with Crippen LogP contribution in [0.25, 0.3) is 0 Å². The fourth-order valence-electron chi connectivity index (χ4n) is 1.87. The van der Waals surface area contributed by atoms with E-state index in [1.165, 1.54) is 18.4 Å². The van der Waals surface area contributed by atoms with E-state index in [1.807, 2.05) is 12.1 Å². The molecule has 0 aromatic heterocycles. The Morgan fingerprint density at radius 1 is 1.17 bits per heavy atom. The van der Waals surface area contributed by atoms with Gasteiger partial charge >= 0.3 is 0 Å². The zero-order valence-electron chi connectivity index (χ0n) is 12.1. The summed E-state index contributed by atoms with van der Waals surface area (Å²) in [6.45, 7) is 10.2. The van der Waals surface area contributed by atoms with Gasteiger partial charge in [0, 0.05) is 11.1 Å². The van der Waals surface area contributed by atoms with Crippen LogP contribution in [0.15, 0.2) is 24.3 Å². The molecule has 0 heterocycles. The standard InChI is InChI=1S/C16H26ClN/c1-13(9-11-16(2,3)4)18-12-10-14-5-7-15(17)8-6-14/h5-8,13,18H,9-12H2,1-4H3. The lowest BCUT2D eigenvalue weighted by Crippen LogP contribution is -2.29. The highest BCUT2D eigenvalue weighted by Gasteiger charge is 2.11. The van der Waals surface area contributed by atoms with Crippen molar-refractivity contribution in [2.45, 2.75) is 53.0 Å². The van der Waals surface area contributed by atoms with Crippen molar-refractivity contribution in [2.75, 3.05) is 6.54 Å². The van der Waals surface area contributed by atoms with Crippen LogP contribution < -0.4 is 5.32 Å². The minimum absolute atomic E-state index is 0.437. The first kappa shape index (κ1) is 15.5. The molecule has 1 aromatic carbocycles. The minimum Gasteiger partial charge on any atom is -0.314 e. The zero-order valence-corrected chi connectivity index (χ0v) is 12.8. The van der Waals surface area contributed by atoms with E-state index < -0.39 is 0 Å². The Bertz CT molecular complexity index is 337. The molecule has 0 aliphatic rings. The number of halogens is 1. The van der Waals surface area contributed by atoms with E-state index in [0.717, 1.165) is 18.0 Å². The van der Waals surface area contributed by atoms with Gasteiger partial charge in [0.1, 0.15) is 0 Å². The molecule has 102 valence electrons. The van der Waals surface area contributed by atoms with E-state index in [2.05, 4.69) is 45.1 Å². The first-order valence-corrected chi connectivity index (χ1v) is 7.22. The van der Waals surface area contributed by atoms with Gasteiger partial charge in [-0.1, -0.05) is 44.5 Å². The molecule has 0 saturated carbocycles. The van der Waals surface area contributed by atoms with Gasteiger partial charge in [-0.25, -0.2) is 0 Å². The molecule has 0 radical (unpaired) electrons. The second-order valence-electron chi connectivity index (χ2n) is 6.33. The number of hydrogen-bond donors (Lipinski definition) is 1. The van der Waals surface area contributed by atoms with E-state index in [4.69, 9.17) is 11.6 Å². The molecule has 1 atom stereocenters. The van der Waals surface area contributed by atoms with Gasteiger partial charge in [-0.05, 0) is 55.8 Å². The first-order valence-electron chi connectivity index (χ1n) is 6.85.